The molecular weight excluding hydrogens is 654 g/mol. The number of hydrogen-bond acceptors (Lipinski definition) is 5. The summed E-state index contributed by atoms with van der Waals surface area (Å²) in [4.78, 5) is 2.12. The summed E-state index contributed by atoms with van der Waals surface area (Å²) >= 11 is 10.6. The number of hydrogen-bond donors (Lipinski definition) is 2. The Balaban J connectivity index is 1.63. The van der Waals surface area contributed by atoms with E-state index >= 15 is 0 Å². The zero-order valence-corrected chi connectivity index (χ0v) is 23.7. The molecule has 4 aromatic carbocycles. The van der Waals surface area contributed by atoms with Gasteiger partial charge in [-0.05, 0) is 90.0 Å². The summed E-state index contributed by atoms with van der Waals surface area (Å²) in [6.45, 7) is -0.100. The van der Waals surface area contributed by atoms with Crippen LogP contribution in [0.25, 0.3) is 0 Å². The monoisotopic (exact) mass is 673 g/mol. The smallest absolute Gasteiger partial charge is 0.231 e. The first kappa shape index (κ1) is 25.3. The maximum Gasteiger partial charge on any atom is 0.231 e. The van der Waals surface area contributed by atoms with Crippen LogP contribution in [0.5, 0.6) is 11.5 Å². The van der Waals surface area contributed by atoms with Gasteiger partial charge in [0.05, 0.1) is 12.7 Å². The zero-order valence-electron chi connectivity index (χ0n) is 18.9. The number of aliphatic hydroxyl groups excluding tert-OH is 2. The third-order valence-electron chi connectivity index (χ3n) is 6.12. The second-order valence-electron chi connectivity index (χ2n) is 8.34. The highest BCUT2D eigenvalue weighted by molar-refractivity contribution is 9.11. The van der Waals surface area contributed by atoms with E-state index in [0.717, 1.165) is 36.0 Å². The van der Waals surface area contributed by atoms with Gasteiger partial charge < -0.3 is 24.6 Å². The normalized spacial score (nSPS) is 13.9. The molecule has 1 aliphatic heterocycles. The van der Waals surface area contributed by atoms with Crippen molar-refractivity contribution in [2.24, 2.45) is 0 Å². The number of benzene rings is 4. The number of nitrogens with zero attached hydrogens (tertiary/aromatic N) is 1. The first-order valence-electron chi connectivity index (χ1n) is 11.2. The highest BCUT2D eigenvalue weighted by Gasteiger charge is 2.29. The van der Waals surface area contributed by atoms with Gasteiger partial charge in [-0.15, -0.1) is 0 Å². The third kappa shape index (κ3) is 5.19. The minimum atomic E-state index is -0.978. The lowest BCUT2D eigenvalue weighted by atomic mass is 9.88. The minimum Gasteiger partial charge on any atom is -0.454 e. The van der Waals surface area contributed by atoms with Gasteiger partial charge in [-0.25, -0.2) is 0 Å². The first-order chi connectivity index (χ1) is 17.4. The molecule has 0 aromatic heterocycles. The molecule has 1 heterocycles. The average molecular weight is 676 g/mol. The molecule has 0 saturated carbocycles. The van der Waals surface area contributed by atoms with Crippen LogP contribution in [0.4, 0.5) is 17.1 Å². The Kier molecular flexibility index (Phi) is 7.69. The molecule has 0 fully saturated rings. The quantitative estimate of drug-likeness (QED) is 0.208. The van der Waals surface area contributed by atoms with E-state index in [1.54, 1.807) is 18.2 Å². The molecule has 0 spiro atoms. The predicted molar refractivity (Wildman–Crippen MR) is 152 cm³/mol. The van der Waals surface area contributed by atoms with Gasteiger partial charge in [-0.1, -0.05) is 53.9 Å². The molecule has 184 valence electrons. The number of fused-ring (bicyclic) bond motifs is 1. The van der Waals surface area contributed by atoms with Gasteiger partial charge in [0, 0.05) is 36.4 Å². The SMILES string of the molecule is OC[C@H](c1cc(Br)ccc1N(c1ccc(Br)cc1)c1ccc(Br)cc1)[C@@H](O)c1ccc2c(c1)OCO2. The summed E-state index contributed by atoms with van der Waals surface area (Å²) in [6.07, 6.45) is -0.978. The van der Waals surface area contributed by atoms with Crippen molar-refractivity contribution in [1.29, 1.82) is 0 Å². The van der Waals surface area contributed by atoms with Crippen LogP contribution in [-0.4, -0.2) is 23.6 Å². The van der Waals surface area contributed by atoms with E-state index < -0.39 is 12.0 Å². The molecule has 8 heteroatoms. The first-order valence-corrected chi connectivity index (χ1v) is 13.6. The Morgan fingerprint density at radius 2 is 1.31 bits per heavy atom. The lowest BCUT2D eigenvalue weighted by Gasteiger charge is -2.31. The van der Waals surface area contributed by atoms with Crippen LogP contribution < -0.4 is 14.4 Å². The maximum absolute atomic E-state index is 11.5. The number of rotatable bonds is 7. The molecule has 0 amide bonds. The van der Waals surface area contributed by atoms with Crippen molar-refractivity contribution < 1.29 is 19.7 Å². The molecule has 1 aliphatic rings. The van der Waals surface area contributed by atoms with E-state index in [1.165, 1.54) is 0 Å². The Morgan fingerprint density at radius 3 is 1.92 bits per heavy atom. The third-order valence-corrected chi connectivity index (χ3v) is 7.67. The van der Waals surface area contributed by atoms with Crippen molar-refractivity contribution in [3.05, 3.63) is 109 Å². The molecule has 0 saturated heterocycles. The number of halogens is 3. The van der Waals surface area contributed by atoms with Gasteiger partial charge in [-0.2, -0.15) is 0 Å². The highest BCUT2D eigenvalue weighted by Crippen LogP contribution is 2.45. The van der Waals surface area contributed by atoms with Gasteiger partial charge in [0.1, 0.15) is 0 Å². The molecule has 5 rings (SSSR count). The van der Waals surface area contributed by atoms with Crippen LogP contribution in [-0.2, 0) is 0 Å². The molecule has 0 unspecified atom stereocenters. The fraction of sp³-hybridized carbons (Fsp3) is 0.143. The predicted octanol–water partition coefficient (Wildman–Crippen LogP) is 7.98. The van der Waals surface area contributed by atoms with Crippen LogP contribution in [0.3, 0.4) is 0 Å². The van der Waals surface area contributed by atoms with Crippen molar-refractivity contribution in [1.82, 2.24) is 0 Å². The number of ether oxygens (including phenoxy) is 2. The van der Waals surface area contributed by atoms with Gasteiger partial charge in [0.15, 0.2) is 11.5 Å². The van der Waals surface area contributed by atoms with Crippen LogP contribution in [0, 0.1) is 0 Å². The van der Waals surface area contributed by atoms with E-state index in [4.69, 9.17) is 9.47 Å². The van der Waals surface area contributed by atoms with Crippen molar-refractivity contribution in [2.75, 3.05) is 18.3 Å². The standard InChI is InChI=1S/C28H22Br3NO4/c29-18-2-7-21(8-3-18)32(22-9-4-19(30)5-10-22)25-11-6-20(31)14-23(25)24(15-33)28(34)17-1-12-26-27(13-17)36-16-35-26/h1-14,24,28,33-34H,15-16H2/t24-,28+/m1/s1. The fourth-order valence-electron chi connectivity index (χ4n) is 4.33. The van der Waals surface area contributed by atoms with Crippen molar-refractivity contribution in [3.63, 3.8) is 0 Å². The van der Waals surface area contributed by atoms with Crippen LogP contribution >= 0.6 is 47.8 Å². The molecule has 0 radical (unpaired) electrons. The van der Waals surface area contributed by atoms with Gasteiger partial charge >= 0.3 is 0 Å². The maximum atomic E-state index is 11.5. The number of aliphatic hydroxyl groups is 2. The highest BCUT2D eigenvalue weighted by atomic mass is 79.9. The topological polar surface area (TPSA) is 62.2 Å². The molecule has 2 atom stereocenters. The van der Waals surface area contributed by atoms with E-state index in [0.29, 0.717) is 17.1 Å². The molecule has 4 aromatic rings. The summed E-state index contributed by atoms with van der Waals surface area (Å²) in [5.41, 5.74) is 4.17. The summed E-state index contributed by atoms with van der Waals surface area (Å²) in [7, 11) is 0. The van der Waals surface area contributed by atoms with E-state index in [9.17, 15) is 10.2 Å². The molecule has 5 nitrogen and oxygen atoms in total. The van der Waals surface area contributed by atoms with Crippen molar-refractivity contribution in [2.45, 2.75) is 12.0 Å². The largest absolute Gasteiger partial charge is 0.454 e. The van der Waals surface area contributed by atoms with E-state index in [1.807, 2.05) is 66.7 Å². The fourth-order valence-corrected chi connectivity index (χ4v) is 5.24. The number of anilines is 3. The Labute approximate surface area is 234 Å². The molecule has 0 aliphatic carbocycles. The second kappa shape index (κ2) is 10.9. The second-order valence-corrected chi connectivity index (χ2v) is 11.1. The summed E-state index contributed by atoms with van der Waals surface area (Å²) in [6, 6.07) is 27.4. The summed E-state index contributed by atoms with van der Waals surface area (Å²) in [5.74, 6) is 0.627. The molecular formula is C28H22Br3NO4. The Morgan fingerprint density at radius 1 is 0.722 bits per heavy atom. The summed E-state index contributed by atoms with van der Waals surface area (Å²) in [5, 5.41) is 22.0. The lowest BCUT2D eigenvalue weighted by Crippen LogP contribution is -2.19. The minimum absolute atomic E-state index is 0.156. The Bertz CT molecular complexity index is 1320. The van der Waals surface area contributed by atoms with Gasteiger partial charge in [0.2, 0.25) is 6.79 Å². The average Bonchev–Trinajstić information content (AvgIpc) is 3.36. The van der Waals surface area contributed by atoms with Crippen LogP contribution in [0.15, 0.2) is 98.3 Å². The molecule has 36 heavy (non-hydrogen) atoms. The lowest BCUT2D eigenvalue weighted by molar-refractivity contribution is 0.107. The molecule has 0 bridgehead atoms. The van der Waals surface area contributed by atoms with E-state index in [-0.39, 0.29) is 13.4 Å². The van der Waals surface area contributed by atoms with Gasteiger partial charge in [0.25, 0.3) is 0 Å². The van der Waals surface area contributed by atoms with E-state index in [2.05, 4.69) is 52.7 Å². The Hall–Kier alpha value is -2.36. The van der Waals surface area contributed by atoms with Crippen molar-refractivity contribution in [3.8, 4) is 11.5 Å². The van der Waals surface area contributed by atoms with Crippen LogP contribution in [0.1, 0.15) is 23.1 Å². The summed E-state index contributed by atoms with van der Waals surface area (Å²) < 4.78 is 13.7. The zero-order chi connectivity index (χ0) is 25.2. The molecule has 2 N–H and O–H groups in total. The van der Waals surface area contributed by atoms with Gasteiger partial charge in [-0.3, -0.25) is 0 Å². The van der Waals surface area contributed by atoms with Crippen molar-refractivity contribution >= 4 is 64.9 Å². The van der Waals surface area contributed by atoms with Crippen LogP contribution in [0.2, 0.25) is 0 Å².